The van der Waals surface area contributed by atoms with Gasteiger partial charge < -0.3 is 15.5 Å². The number of hydrogen-bond acceptors (Lipinski definition) is 3. The number of rotatable bonds is 11. The van der Waals surface area contributed by atoms with E-state index < -0.39 is 0 Å². The van der Waals surface area contributed by atoms with E-state index in [1.807, 2.05) is 0 Å². The number of hydrogen-bond donors (Lipinski definition) is 1. The smallest absolute Gasteiger partial charge is 0.0105 e. The molecule has 0 heterocycles. The molecule has 0 rings (SSSR count). The van der Waals surface area contributed by atoms with Gasteiger partial charge >= 0.3 is 0 Å². The van der Waals surface area contributed by atoms with Crippen LogP contribution in [0.25, 0.3) is 0 Å². The van der Waals surface area contributed by atoms with Crippen LogP contribution >= 0.6 is 0 Å². The predicted octanol–water partition coefficient (Wildman–Crippen LogP) is 2.03. The summed E-state index contributed by atoms with van der Waals surface area (Å²) in [6.45, 7) is 13.5. The van der Waals surface area contributed by atoms with Gasteiger partial charge in [0.2, 0.25) is 0 Å². The lowest BCUT2D eigenvalue weighted by atomic mass is 10.1. The van der Waals surface area contributed by atoms with Crippen molar-refractivity contribution in [3.8, 4) is 0 Å². The van der Waals surface area contributed by atoms with Crippen LogP contribution in [-0.2, 0) is 0 Å². The van der Waals surface area contributed by atoms with Crippen molar-refractivity contribution in [2.45, 2.75) is 40.0 Å². The molecule has 0 radical (unpaired) electrons. The van der Waals surface area contributed by atoms with E-state index in [2.05, 4.69) is 37.6 Å². The Kier molecular flexibility index (Phi) is 10.9. The molecule has 0 aliphatic rings. The van der Waals surface area contributed by atoms with Crippen LogP contribution in [-0.4, -0.2) is 56.1 Å². The normalized spacial score (nSPS) is 13.6. The fourth-order valence-corrected chi connectivity index (χ4v) is 2.26. The van der Waals surface area contributed by atoms with Crippen molar-refractivity contribution in [2.24, 2.45) is 11.7 Å². The highest BCUT2D eigenvalue weighted by Gasteiger charge is 2.09. The molecule has 0 aromatic rings. The van der Waals surface area contributed by atoms with Gasteiger partial charge in [-0.05, 0) is 51.9 Å². The standard InChI is InChI=1S/C14H33N3/c1-5-9-16(4)11-7-14(3)13-17(10-6-2)12-8-15/h14H,5-13,15H2,1-4H3. The molecule has 0 saturated heterocycles. The first kappa shape index (κ1) is 16.9. The minimum atomic E-state index is 0.771. The average Bonchev–Trinajstić information content (AvgIpc) is 2.27. The first-order chi connectivity index (χ1) is 8.13. The van der Waals surface area contributed by atoms with Gasteiger partial charge in [-0.3, -0.25) is 0 Å². The molecule has 1 atom stereocenters. The zero-order chi connectivity index (χ0) is 13.1. The first-order valence-electron chi connectivity index (χ1n) is 7.24. The SMILES string of the molecule is CCCN(C)CCC(C)CN(CCC)CCN. The van der Waals surface area contributed by atoms with Gasteiger partial charge in [0.05, 0.1) is 0 Å². The van der Waals surface area contributed by atoms with Gasteiger partial charge in [0.25, 0.3) is 0 Å². The molecular formula is C14H33N3. The maximum absolute atomic E-state index is 5.65. The maximum Gasteiger partial charge on any atom is 0.0105 e. The molecule has 0 bridgehead atoms. The average molecular weight is 243 g/mol. The fraction of sp³-hybridized carbons (Fsp3) is 1.00. The maximum atomic E-state index is 5.65. The Morgan fingerprint density at radius 1 is 1.00 bits per heavy atom. The Balaban J connectivity index is 3.76. The summed E-state index contributed by atoms with van der Waals surface area (Å²) in [7, 11) is 2.22. The predicted molar refractivity (Wildman–Crippen MR) is 77.4 cm³/mol. The summed E-state index contributed by atoms with van der Waals surface area (Å²) in [6.07, 6.45) is 3.77. The van der Waals surface area contributed by atoms with Crippen molar-refractivity contribution in [1.29, 1.82) is 0 Å². The molecule has 0 amide bonds. The van der Waals surface area contributed by atoms with Crippen LogP contribution in [0.1, 0.15) is 40.0 Å². The molecule has 3 heteroatoms. The molecule has 2 N–H and O–H groups in total. The summed E-state index contributed by atoms with van der Waals surface area (Å²) in [6, 6.07) is 0. The first-order valence-corrected chi connectivity index (χ1v) is 7.24. The summed E-state index contributed by atoms with van der Waals surface area (Å²) in [4.78, 5) is 4.94. The molecule has 0 spiro atoms. The zero-order valence-electron chi connectivity index (χ0n) is 12.4. The molecule has 0 aromatic carbocycles. The summed E-state index contributed by atoms with van der Waals surface area (Å²) in [5, 5.41) is 0. The quantitative estimate of drug-likeness (QED) is 0.603. The van der Waals surface area contributed by atoms with Crippen molar-refractivity contribution in [1.82, 2.24) is 9.80 Å². The third-order valence-electron chi connectivity index (χ3n) is 3.16. The van der Waals surface area contributed by atoms with Gasteiger partial charge in [0.1, 0.15) is 0 Å². The second-order valence-corrected chi connectivity index (χ2v) is 5.29. The summed E-state index contributed by atoms with van der Waals surface area (Å²) >= 11 is 0. The Morgan fingerprint density at radius 3 is 2.18 bits per heavy atom. The molecule has 0 aromatic heterocycles. The largest absolute Gasteiger partial charge is 0.329 e. The van der Waals surface area contributed by atoms with Crippen molar-refractivity contribution >= 4 is 0 Å². The Bertz CT molecular complexity index is 156. The Labute approximate surface area is 108 Å². The molecule has 17 heavy (non-hydrogen) atoms. The molecule has 0 aliphatic carbocycles. The van der Waals surface area contributed by atoms with E-state index in [1.54, 1.807) is 0 Å². The van der Waals surface area contributed by atoms with Crippen LogP contribution in [0, 0.1) is 5.92 Å². The zero-order valence-corrected chi connectivity index (χ0v) is 12.4. The number of nitrogens with two attached hydrogens (primary N) is 1. The second-order valence-electron chi connectivity index (χ2n) is 5.29. The summed E-state index contributed by atoms with van der Waals surface area (Å²) in [5.74, 6) is 0.771. The van der Waals surface area contributed by atoms with Crippen molar-refractivity contribution < 1.29 is 0 Å². The lowest BCUT2D eigenvalue weighted by molar-refractivity contribution is 0.221. The van der Waals surface area contributed by atoms with Crippen LogP contribution in [0.15, 0.2) is 0 Å². The minimum Gasteiger partial charge on any atom is -0.329 e. The van der Waals surface area contributed by atoms with Gasteiger partial charge in [0.15, 0.2) is 0 Å². The van der Waals surface area contributed by atoms with Crippen molar-refractivity contribution in [3.05, 3.63) is 0 Å². The van der Waals surface area contributed by atoms with Crippen LogP contribution < -0.4 is 5.73 Å². The monoisotopic (exact) mass is 243 g/mol. The Hall–Kier alpha value is -0.120. The van der Waals surface area contributed by atoms with Crippen LogP contribution in [0.2, 0.25) is 0 Å². The van der Waals surface area contributed by atoms with Crippen LogP contribution in [0.4, 0.5) is 0 Å². The number of nitrogens with zero attached hydrogens (tertiary/aromatic N) is 2. The van der Waals surface area contributed by atoms with Gasteiger partial charge in [0, 0.05) is 19.6 Å². The van der Waals surface area contributed by atoms with E-state index in [0.717, 1.165) is 19.0 Å². The lowest BCUT2D eigenvalue weighted by Crippen LogP contribution is -2.35. The summed E-state index contributed by atoms with van der Waals surface area (Å²) in [5.41, 5.74) is 5.65. The topological polar surface area (TPSA) is 32.5 Å². The van der Waals surface area contributed by atoms with E-state index in [-0.39, 0.29) is 0 Å². The van der Waals surface area contributed by atoms with Crippen LogP contribution in [0.5, 0.6) is 0 Å². The van der Waals surface area contributed by atoms with Gasteiger partial charge in [-0.25, -0.2) is 0 Å². The van der Waals surface area contributed by atoms with Crippen molar-refractivity contribution in [2.75, 3.05) is 46.3 Å². The van der Waals surface area contributed by atoms with E-state index in [9.17, 15) is 0 Å². The van der Waals surface area contributed by atoms with E-state index in [0.29, 0.717) is 0 Å². The molecule has 3 nitrogen and oxygen atoms in total. The van der Waals surface area contributed by atoms with Crippen molar-refractivity contribution in [3.63, 3.8) is 0 Å². The van der Waals surface area contributed by atoms with E-state index >= 15 is 0 Å². The molecule has 104 valence electrons. The molecule has 0 aliphatic heterocycles. The van der Waals surface area contributed by atoms with Gasteiger partial charge in [-0.1, -0.05) is 20.8 Å². The molecular weight excluding hydrogens is 210 g/mol. The van der Waals surface area contributed by atoms with E-state index in [4.69, 9.17) is 5.73 Å². The van der Waals surface area contributed by atoms with Gasteiger partial charge in [-0.15, -0.1) is 0 Å². The molecule has 0 fully saturated rings. The highest BCUT2D eigenvalue weighted by molar-refractivity contribution is 4.65. The fourth-order valence-electron chi connectivity index (χ4n) is 2.26. The highest BCUT2D eigenvalue weighted by Crippen LogP contribution is 2.06. The molecule has 1 unspecified atom stereocenters. The Morgan fingerprint density at radius 2 is 1.65 bits per heavy atom. The minimum absolute atomic E-state index is 0.771. The van der Waals surface area contributed by atoms with E-state index in [1.165, 1.54) is 45.4 Å². The third kappa shape index (κ3) is 9.57. The van der Waals surface area contributed by atoms with Crippen LogP contribution in [0.3, 0.4) is 0 Å². The highest BCUT2D eigenvalue weighted by atomic mass is 15.1. The lowest BCUT2D eigenvalue weighted by Gasteiger charge is -2.26. The second kappa shape index (κ2) is 11.0. The summed E-state index contributed by atoms with van der Waals surface area (Å²) < 4.78 is 0. The third-order valence-corrected chi connectivity index (χ3v) is 3.16. The van der Waals surface area contributed by atoms with Gasteiger partial charge in [-0.2, -0.15) is 0 Å². The molecule has 0 saturated carbocycles.